The van der Waals surface area contributed by atoms with Crippen molar-refractivity contribution < 1.29 is 4.79 Å². The highest BCUT2D eigenvalue weighted by molar-refractivity contribution is 7.99. The second-order valence-electron chi connectivity index (χ2n) is 7.25. The van der Waals surface area contributed by atoms with Gasteiger partial charge in [-0.1, -0.05) is 51.3 Å². The van der Waals surface area contributed by atoms with Crippen molar-refractivity contribution in [3.63, 3.8) is 0 Å². The van der Waals surface area contributed by atoms with Gasteiger partial charge in [-0.2, -0.15) is 0 Å². The largest absolute Gasteiger partial charge is 0.353 e. The summed E-state index contributed by atoms with van der Waals surface area (Å²) in [7, 11) is 0. The van der Waals surface area contributed by atoms with E-state index in [0.717, 1.165) is 29.4 Å². The molecule has 1 aliphatic heterocycles. The topological polar surface area (TPSA) is 64.0 Å². The van der Waals surface area contributed by atoms with Crippen molar-refractivity contribution in [1.82, 2.24) is 14.9 Å². The second-order valence-corrected chi connectivity index (χ2v) is 8.24. The van der Waals surface area contributed by atoms with Gasteiger partial charge in [-0.3, -0.25) is 14.2 Å². The fourth-order valence-corrected chi connectivity index (χ4v) is 4.70. The number of fused-ring (bicyclic) bond motifs is 1. The summed E-state index contributed by atoms with van der Waals surface area (Å²) in [6.07, 6.45) is 7.50. The SMILES string of the molecule is CC(C)c1cc(=O)n2c(n1)SCC2CC(=O)NC1CCCCCC1. The highest BCUT2D eigenvalue weighted by Crippen LogP contribution is 2.32. The molecule has 1 amide bonds. The quantitative estimate of drug-likeness (QED) is 0.669. The second kappa shape index (κ2) is 7.72. The summed E-state index contributed by atoms with van der Waals surface area (Å²) in [5.74, 6) is 1.06. The molecule has 0 aromatic carbocycles. The maximum atomic E-state index is 12.4. The van der Waals surface area contributed by atoms with E-state index < -0.39 is 0 Å². The van der Waals surface area contributed by atoms with E-state index in [2.05, 4.69) is 10.3 Å². The van der Waals surface area contributed by atoms with Gasteiger partial charge < -0.3 is 5.32 Å². The Morgan fingerprint density at radius 3 is 2.71 bits per heavy atom. The molecule has 1 saturated carbocycles. The van der Waals surface area contributed by atoms with Crippen LogP contribution < -0.4 is 10.9 Å². The molecule has 0 spiro atoms. The first kappa shape index (κ1) is 17.5. The Kier molecular flexibility index (Phi) is 5.64. The molecule has 1 atom stereocenters. The first-order valence-corrected chi connectivity index (χ1v) is 10.1. The van der Waals surface area contributed by atoms with Gasteiger partial charge in [0.1, 0.15) is 0 Å². The van der Waals surface area contributed by atoms with Crippen LogP contribution in [0.1, 0.15) is 76.4 Å². The number of carbonyl (C=O) groups excluding carboxylic acids is 1. The number of carbonyl (C=O) groups is 1. The van der Waals surface area contributed by atoms with Crippen molar-refractivity contribution in [1.29, 1.82) is 0 Å². The third-order valence-electron chi connectivity index (χ3n) is 4.94. The third kappa shape index (κ3) is 4.02. The smallest absolute Gasteiger partial charge is 0.254 e. The average Bonchev–Trinajstić information content (AvgIpc) is 2.76. The molecule has 132 valence electrons. The Labute approximate surface area is 147 Å². The van der Waals surface area contributed by atoms with Crippen LogP contribution in [0.15, 0.2) is 16.0 Å². The van der Waals surface area contributed by atoms with E-state index in [0.29, 0.717) is 12.5 Å². The molecule has 1 aliphatic carbocycles. The standard InChI is InChI=1S/C18H27N3O2S/c1-12(2)15-10-17(23)21-14(11-24-18(21)20-15)9-16(22)19-13-7-5-3-4-6-8-13/h10,12-14H,3-9,11H2,1-2H3,(H,19,22). The molecule has 1 aromatic heterocycles. The Morgan fingerprint density at radius 1 is 1.33 bits per heavy atom. The van der Waals surface area contributed by atoms with Gasteiger partial charge >= 0.3 is 0 Å². The van der Waals surface area contributed by atoms with Crippen LogP contribution in [-0.2, 0) is 4.79 Å². The summed E-state index contributed by atoms with van der Waals surface area (Å²) in [4.78, 5) is 29.5. The third-order valence-corrected chi connectivity index (χ3v) is 6.04. The average molecular weight is 350 g/mol. The van der Waals surface area contributed by atoms with Crippen molar-refractivity contribution >= 4 is 17.7 Å². The number of thioether (sulfide) groups is 1. The van der Waals surface area contributed by atoms with E-state index in [1.807, 2.05) is 13.8 Å². The number of nitrogens with zero attached hydrogens (tertiary/aromatic N) is 2. The van der Waals surface area contributed by atoms with Crippen molar-refractivity contribution in [2.24, 2.45) is 0 Å². The summed E-state index contributed by atoms with van der Waals surface area (Å²) in [6, 6.07) is 1.86. The zero-order chi connectivity index (χ0) is 17.1. The van der Waals surface area contributed by atoms with Crippen LogP contribution in [0.2, 0.25) is 0 Å². The number of nitrogens with one attached hydrogen (secondary N) is 1. The van der Waals surface area contributed by atoms with Gasteiger partial charge in [0.25, 0.3) is 5.56 Å². The molecule has 1 N–H and O–H groups in total. The molecule has 1 fully saturated rings. The van der Waals surface area contributed by atoms with E-state index >= 15 is 0 Å². The highest BCUT2D eigenvalue weighted by atomic mass is 32.2. The molecule has 2 heterocycles. The summed E-state index contributed by atoms with van der Waals surface area (Å²) in [5.41, 5.74) is 0.809. The minimum absolute atomic E-state index is 0.0269. The van der Waals surface area contributed by atoms with Crippen molar-refractivity contribution in [3.05, 3.63) is 22.1 Å². The van der Waals surface area contributed by atoms with E-state index in [1.165, 1.54) is 25.7 Å². The fourth-order valence-electron chi connectivity index (χ4n) is 3.54. The predicted molar refractivity (Wildman–Crippen MR) is 96.6 cm³/mol. The van der Waals surface area contributed by atoms with Gasteiger partial charge in [0.2, 0.25) is 5.91 Å². The first-order chi connectivity index (χ1) is 11.5. The number of hydrogen-bond donors (Lipinski definition) is 1. The molecule has 3 rings (SSSR count). The molecule has 6 heteroatoms. The number of aromatic nitrogens is 2. The Bertz CT molecular complexity index is 648. The van der Waals surface area contributed by atoms with Gasteiger partial charge in [-0.15, -0.1) is 0 Å². The van der Waals surface area contributed by atoms with Crippen LogP contribution in [-0.4, -0.2) is 27.3 Å². The minimum Gasteiger partial charge on any atom is -0.353 e. The lowest BCUT2D eigenvalue weighted by atomic mass is 10.1. The Balaban J connectivity index is 1.66. The first-order valence-electron chi connectivity index (χ1n) is 9.10. The highest BCUT2D eigenvalue weighted by Gasteiger charge is 2.28. The zero-order valence-corrected chi connectivity index (χ0v) is 15.4. The number of hydrogen-bond acceptors (Lipinski definition) is 4. The van der Waals surface area contributed by atoms with Gasteiger partial charge in [-0.25, -0.2) is 4.98 Å². The van der Waals surface area contributed by atoms with E-state index in [-0.39, 0.29) is 23.4 Å². The molecule has 5 nitrogen and oxygen atoms in total. The monoisotopic (exact) mass is 349 g/mol. The van der Waals surface area contributed by atoms with E-state index in [9.17, 15) is 9.59 Å². The normalized spacial score (nSPS) is 21.5. The minimum atomic E-state index is -0.0722. The van der Waals surface area contributed by atoms with Crippen LogP contribution in [0, 0.1) is 0 Å². The molecule has 24 heavy (non-hydrogen) atoms. The Hall–Kier alpha value is -1.30. The van der Waals surface area contributed by atoms with Crippen molar-refractivity contribution in [2.45, 2.75) is 82.0 Å². The van der Waals surface area contributed by atoms with Gasteiger partial charge in [0.05, 0.1) is 11.7 Å². The zero-order valence-electron chi connectivity index (χ0n) is 14.6. The van der Waals surface area contributed by atoms with Gasteiger partial charge in [0.15, 0.2) is 5.16 Å². The Morgan fingerprint density at radius 2 is 2.04 bits per heavy atom. The molecule has 0 radical (unpaired) electrons. The van der Waals surface area contributed by atoms with Crippen molar-refractivity contribution in [3.8, 4) is 0 Å². The van der Waals surface area contributed by atoms with Crippen LogP contribution in [0.3, 0.4) is 0 Å². The van der Waals surface area contributed by atoms with Gasteiger partial charge in [-0.05, 0) is 18.8 Å². The lowest BCUT2D eigenvalue weighted by molar-refractivity contribution is -0.122. The molecule has 2 aliphatic rings. The molecule has 0 bridgehead atoms. The lowest BCUT2D eigenvalue weighted by Gasteiger charge is -2.19. The summed E-state index contributed by atoms with van der Waals surface area (Å²) in [6.45, 7) is 4.08. The molecule has 1 unspecified atom stereocenters. The van der Waals surface area contributed by atoms with E-state index in [1.54, 1.807) is 22.4 Å². The van der Waals surface area contributed by atoms with Crippen LogP contribution >= 0.6 is 11.8 Å². The van der Waals surface area contributed by atoms with Gasteiger partial charge in [0, 0.05) is 24.3 Å². The molecular formula is C18H27N3O2S. The van der Waals surface area contributed by atoms with Crippen molar-refractivity contribution in [2.75, 3.05) is 5.75 Å². The molecular weight excluding hydrogens is 322 g/mol. The fraction of sp³-hybridized carbons (Fsp3) is 0.722. The lowest BCUT2D eigenvalue weighted by Crippen LogP contribution is -2.36. The predicted octanol–water partition coefficient (Wildman–Crippen LogP) is 3.24. The molecule has 0 saturated heterocycles. The van der Waals surface area contributed by atoms with Crippen LogP contribution in [0.5, 0.6) is 0 Å². The van der Waals surface area contributed by atoms with Crippen LogP contribution in [0.4, 0.5) is 0 Å². The maximum Gasteiger partial charge on any atom is 0.254 e. The summed E-state index contributed by atoms with van der Waals surface area (Å²) < 4.78 is 1.71. The molecule has 1 aromatic rings. The summed E-state index contributed by atoms with van der Waals surface area (Å²) in [5, 5.41) is 3.94. The maximum absolute atomic E-state index is 12.4. The summed E-state index contributed by atoms with van der Waals surface area (Å²) >= 11 is 1.58. The van der Waals surface area contributed by atoms with E-state index in [4.69, 9.17) is 0 Å². The number of amides is 1. The van der Waals surface area contributed by atoms with Crippen LogP contribution in [0.25, 0.3) is 0 Å². The number of rotatable bonds is 4.